The number of rotatable bonds is 3. The van der Waals surface area contributed by atoms with Crippen molar-refractivity contribution in [1.29, 1.82) is 0 Å². The van der Waals surface area contributed by atoms with Gasteiger partial charge in [-0.05, 0) is 30.2 Å². The van der Waals surface area contributed by atoms with Crippen LogP contribution < -0.4 is 5.73 Å². The van der Waals surface area contributed by atoms with Crippen LogP contribution in [0.4, 0.5) is 0 Å². The summed E-state index contributed by atoms with van der Waals surface area (Å²) in [6.07, 6.45) is 3.78. The molecule has 118 valence electrons. The molecule has 1 atom stereocenters. The van der Waals surface area contributed by atoms with E-state index >= 15 is 0 Å². The van der Waals surface area contributed by atoms with Crippen molar-refractivity contribution < 1.29 is 4.79 Å². The first-order chi connectivity index (χ1) is 9.48. The SMILES string of the molecule is CC1(C)CCCN(C(=O)CC(N)c2ccccc2)CC1.Cl. The number of carbonyl (C=O) groups is 1. The standard InChI is InChI=1S/C17H26N2O.ClH/c1-17(2)9-6-11-19(12-10-17)16(20)13-15(18)14-7-4-3-5-8-14;/h3-5,7-8,15H,6,9-13,18H2,1-2H3;1H. The molecule has 0 spiro atoms. The van der Waals surface area contributed by atoms with Crippen molar-refractivity contribution in [3.8, 4) is 0 Å². The van der Waals surface area contributed by atoms with Gasteiger partial charge in [0, 0.05) is 25.6 Å². The lowest BCUT2D eigenvalue weighted by atomic mass is 9.85. The molecular formula is C17H27ClN2O. The Morgan fingerprint density at radius 1 is 1.24 bits per heavy atom. The van der Waals surface area contributed by atoms with Gasteiger partial charge in [0.15, 0.2) is 0 Å². The van der Waals surface area contributed by atoms with Crippen LogP contribution in [0.1, 0.15) is 51.1 Å². The number of benzene rings is 1. The van der Waals surface area contributed by atoms with E-state index in [1.54, 1.807) is 0 Å². The molecule has 3 nitrogen and oxygen atoms in total. The highest BCUT2D eigenvalue weighted by atomic mass is 35.5. The first-order valence-electron chi connectivity index (χ1n) is 7.56. The van der Waals surface area contributed by atoms with Crippen LogP contribution >= 0.6 is 12.4 Å². The van der Waals surface area contributed by atoms with Gasteiger partial charge >= 0.3 is 0 Å². The number of halogens is 1. The number of nitrogens with zero attached hydrogens (tertiary/aromatic N) is 1. The van der Waals surface area contributed by atoms with Gasteiger partial charge in [-0.2, -0.15) is 0 Å². The summed E-state index contributed by atoms with van der Waals surface area (Å²) in [7, 11) is 0. The van der Waals surface area contributed by atoms with Crippen molar-refractivity contribution in [2.24, 2.45) is 11.1 Å². The molecule has 0 saturated carbocycles. The van der Waals surface area contributed by atoms with E-state index in [4.69, 9.17) is 5.73 Å². The Hall–Kier alpha value is -1.06. The number of hydrogen-bond acceptors (Lipinski definition) is 2. The molecule has 1 unspecified atom stereocenters. The van der Waals surface area contributed by atoms with Gasteiger partial charge in [0.05, 0.1) is 0 Å². The second kappa shape index (κ2) is 7.81. The van der Waals surface area contributed by atoms with E-state index in [0.29, 0.717) is 11.8 Å². The predicted molar refractivity (Wildman–Crippen MR) is 89.4 cm³/mol. The van der Waals surface area contributed by atoms with Gasteiger partial charge in [-0.1, -0.05) is 44.2 Å². The van der Waals surface area contributed by atoms with Gasteiger partial charge in [0.2, 0.25) is 5.91 Å². The van der Waals surface area contributed by atoms with Crippen LogP contribution in [0.3, 0.4) is 0 Å². The summed E-state index contributed by atoms with van der Waals surface area (Å²) in [4.78, 5) is 14.4. The monoisotopic (exact) mass is 310 g/mol. The summed E-state index contributed by atoms with van der Waals surface area (Å²) in [5.41, 5.74) is 7.54. The zero-order chi connectivity index (χ0) is 14.6. The lowest BCUT2D eigenvalue weighted by Crippen LogP contribution is -2.34. The van der Waals surface area contributed by atoms with Crippen LogP contribution in [-0.4, -0.2) is 23.9 Å². The Bertz CT molecular complexity index is 447. The maximum atomic E-state index is 12.4. The molecule has 2 rings (SSSR count). The molecule has 2 N–H and O–H groups in total. The van der Waals surface area contributed by atoms with Crippen LogP contribution in [-0.2, 0) is 4.79 Å². The van der Waals surface area contributed by atoms with Gasteiger partial charge in [-0.3, -0.25) is 4.79 Å². The largest absolute Gasteiger partial charge is 0.343 e. The number of carbonyl (C=O) groups excluding carboxylic acids is 1. The van der Waals surface area contributed by atoms with Crippen LogP contribution in [0.5, 0.6) is 0 Å². The third kappa shape index (κ3) is 5.33. The molecule has 1 aliphatic rings. The Labute approximate surface area is 134 Å². The fourth-order valence-corrected chi connectivity index (χ4v) is 2.81. The highest BCUT2D eigenvalue weighted by Gasteiger charge is 2.26. The van der Waals surface area contributed by atoms with Crippen LogP contribution in [0, 0.1) is 5.41 Å². The van der Waals surface area contributed by atoms with Gasteiger partial charge in [0.25, 0.3) is 0 Å². The van der Waals surface area contributed by atoms with E-state index in [-0.39, 0.29) is 24.4 Å². The van der Waals surface area contributed by atoms with Gasteiger partial charge in [-0.25, -0.2) is 0 Å². The molecule has 4 heteroatoms. The van der Waals surface area contributed by atoms with E-state index in [1.165, 1.54) is 6.42 Å². The van der Waals surface area contributed by atoms with Crippen molar-refractivity contribution in [2.75, 3.05) is 13.1 Å². The molecule has 0 aliphatic carbocycles. The van der Waals surface area contributed by atoms with E-state index in [0.717, 1.165) is 31.5 Å². The molecule has 1 aromatic carbocycles. The molecule has 1 aromatic rings. The fourth-order valence-electron chi connectivity index (χ4n) is 2.81. The smallest absolute Gasteiger partial charge is 0.224 e. The van der Waals surface area contributed by atoms with Crippen molar-refractivity contribution in [3.05, 3.63) is 35.9 Å². The third-order valence-corrected chi connectivity index (χ3v) is 4.32. The van der Waals surface area contributed by atoms with Crippen LogP contribution in [0.15, 0.2) is 30.3 Å². The average molecular weight is 311 g/mol. The second-order valence-electron chi connectivity index (χ2n) is 6.62. The quantitative estimate of drug-likeness (QED) is 0.928. The first-order valence-corrected chi connectivity index (χ1v) is 7.56. The van der Waals surface area contributed by atoms with Crippen molar-refractivity contribution in [3.63, 3.8) is 0 Å². The van der Waals surface area contributed by atoms with Crippen molar-refractivity contribution in [2.45, 2.75) is 45.6 Å². The topological polar surface area (TPSA) is 46.3 Å². The number of amides is 1. The molecule has 1 amide bonds. The number of nitrogens with two attached hydrogens (primary N) is 1. The molecule has 1 heterocycles. The zero-order valence-electron chi connectivity index (χ0n) is 13.0. The lowest BCUT2D eigenvalue weighted by Gasteiger charge is -2.24. The first kappa shape index (κ1) is 18.0. The summed E-state index contributed by atoms with van der Waals surface area (Å²) in [6.45, 7) is 6.32. The predicted octanol–water partition coefficient (Wildman–Crippen LogP) is 3.54. The van der Waals surface area contributed by atoms with E-state index in [1.807, 2.05) is 35.2 Å². The van der Waals surface area contributed by atoms with E-state index < -0.39 is 0 Å². The highest BCUT2D eigenvalue weighted by molar-refractivity contribution is 5.85. The van der Waals surface area contributed by atoms with E-state index in [2.05, 4.69) is 13.8 Å². The summed E-state index contributed by atoms with van der Waals surface area (Å²) < 4.78 is 0. The van der Waals surface area contributed by atoms with Crippen LogP contribution in [0.2, 0.25) is 0 Å². The molecule has 1 saturated heterocycles. The summed E-state index contributed by atoms with van der Waals surface area (Å²) in [5, 5.41) is 0. The molecule has 21 heavy (non-hydrogen) atoms. The maximum absolute atomic E-state index is 12.4. The van der Waals surface area contributed by atoms with Gasteiger partial charge in [-0.15, -0.1) is 12.4 Å². The third-order valence-electron chi connectivity index (χ3n) is 4.32. The number of likely N-dealkylation sites (tertiary alicyclic amines) is 1. The molecule has 1 fully saturated rings. The fraction of sp³-hybridized carbons (Fsp3) is 0.588. The maximum Gasteiger partial charge on any atom is 0.224 e. The average Bonchev–Trinajstić information content (AvgIpc) is 2.60. The second-order valence-corrected chi connectivity index (χ2v) is 6.62. The van der Waals surface area contributed by atoms with Gasteiger partial charge < -0.3 is 10.6 Å². The minimum atomic E-state index is -0.194. The number of hydrogen-bond donors (Lipinski definition) is 1. The molecular weight excluding hydrogens is 284 g/mol. The molecule has 0 radical (unpaired) electrons. The molecule has 0 bridgehead atoms. The summed E-state index contributed by atoms with van der Waals surface area (Å²) in [5.74, 6) is 0.194. The summed E-state index contributed by atoms with van der Waals surface area (Å²) in [6, 6.07) is 9.68. The normalized spacial score (nSPS) is 19.3. The Kier molecular flexibility index (Phi) is 6.69. The van der Waals surface area contributed by atoms with Crippen molar-refractivity contribution in [1.82, 2.24) is 4.90 Å². The Morgan fingerprint density at radius 2 is 1.90 bits per heavy atom. The molecule has 1 aliphatic heterocycles. The van der Waals surface area contributed by atoms with Crippen molar-refractivity contribution >= 4 is 18.3 Å². The zero-order valence-corrected chi connectivity index (χ0v) is 13.9. The Morgan fingerprint density at radius 3 is 2.57 bits per heavy atom. The summed E-state index contributed by atoms with van der Waals surface area (Å²) >= 11 is 0. The lowest BCUT2D eigenvalue weighted by molar-refractivity contribution is -0.131. The highest BCUT2D eigenvalue weighted by Crippen LogP contribution is 2.30. The van der Waals surface area contributed by atoms with Gasteiger partial charge in [0.1, 0.15) is 0 Å². The van der Waals surface area contributed by atoms with E-state index in [9.17, 15) is 4.79 Å². The molecule has 0 aromatic heterocycles. The van der Waals surface area contributed by atoms with Crippen LogP contribution in [0.25, 0.3) is 0 Å². The Balaban J connectivity index is 0.00000220. The minimum Gasteiger partial charge on any atom is -0.343 e. The minimum absolute atomic E-state index is 0.